The van der Waals surface area contributed by atoms with Crippen LogP contribution in [0.3, 0.4) is 0 Å². The van der Waals surface area contributed by atoms with Crippen molar-refractivity contribution < 1.29 is 14.4 Å². The maximum Gasteiger partial charge on any atom is 0.240 e. The van der Waals surface area contributed by atoms with E-state index in [1.165, 1.54) is 24.2 Å². The number of hydrogen-bond acceptors (Lipinski definition) is 4. The van der Waals surface area contributed by atoms with E-state index in [1.54, 1.807) is 0 Å². The third-order valence-electron chi connectivity index (χ3n) is 7.21. The summed E-state index contributed by atoms with van der Waals surface area (Å²) in [5, 5.41) is 0. The molecule has 0 unspecified atom stereocenters. The summed E-state index contributed by atoms with van der Waals surface area (Å²) in [5.74, 6) is 0.0755. The number of rotatable bonds is 5. The molecule has 30 heavy (non-hydrogen) atoms. The number of likely N-dealkylation sites (N-methyl/N-ethyl adjacent to an activating group) is 1. The van der Waals surface area contributed by atoms with Gasteiger partial charge in [-0.25, -0.2) is 0 Å². The Balaban J connectivity index is 1.57. The zero-order valence-corrected chi connectivity index (χ0v) is 18.0. The minimum absolute atomic E-state index is 0.0207. The monoisotopic (exact) mass is 411 g/mol. The number of hydrogen-bond donors (Lipinski definition) is 0. The van der Waals surface area contributed by atoms with Gasteiger partial charge < -0.3 is 9.80 Å². The van der Waals surface area contributed by atoms with Crippen LogP contribution in [0.2, 0.25) is 0 Å². The third-order valence-corrected chi connectivity index (χ3v) is 7.21. The number of likely N-dealkylation sites (tertiary alicyclic amines) is 1. The number of nitrogens with zero attached hydrogens (tertiary/aromatic N) is 3. The van der Waals surface area contributed by atoms with Gasteiger partial charge in [-0.15, -0.1) is 0 Å². The first-order chi connectivity index (χ1) is 14.5. The van der Waals surface area contributed by atoms with Crippen LogP contribution in [0.5, 0.6) is 0 Å². The van der Waals surface area contributed by atoms with E-state index in [2.05, 4.69) is 11.9 Å². The van der Waals surface area contributed by atoms with Gasteiger partial charge in [0.2, 0.25) is 17.7 Å². The highest BCUT2D eigenvalue weighted by molar-refractivity contribution is 6.10. The van der Waals surface area contributed by atoms with Gasteiger partial charge in [-0.2, -0.15) is 0 Å². The first kappa shape index (κ1) is 21.0. The molecule has 3 aliphatic rings. The number of carbonyl (C=O) groups is 3. The van der Waals surface area contributed by atoms with E-state index in [1.807, 2.05) is 35.2 Å². The van der Waals surface area contributed by atoms with E-state index in [9.17, 15) is 14.4 Å². The number of carbonyl (C=O) groups excluding carboxylic acids is 3. The standard InChI is InChI=1S/C24H33N3O3/c1-25-12-14-26(15-13-25)21(28)16-24(20-10-6-3-7-11-20)17-22(29)27(23(24)30)18-19-8-4-2-5-9-19/h3,6-7,10-11,19H,2,4-5,8-9,12-18H2,1H3/t24-/m0/s1. The summed E-state index contributed by atoms with van der Waals surface area (Å²) in [6.07, 6.45) is 5.92. The van der Waals surface area contributed by atoms with Gasteiger partial charge in [-0.3, -0.25) is 19.3 Å². The average Bonchev–Trinajstić information content (AvgIpc) is 3.00. The molecule has 2 saturated heterocycles. The molecule has 4 rings (SSSR count). The van der Waals surface area contributed by atoms with Gasteiger partial charge in [0, 0.05) is 45.6 Å². The fourth-order valence-electron chi connectivity index (χ4n) is 5.26. The number of benzene rings is 1. The van der Waals surface area contributed by atoms with Crippen LogP contribution in [-0.2, 0) is 19.8 Å². The molecule has 6 nitrogen and oxygen atoms in total. The van der Waals surface area contributed by atoms with E-state index in [0.29, 0.717) is 25.6 Å². The van der Waals surface area contributed by atoms with Crippen LogP contribution in [0, 0.1) is 5.92 Å². The Labute approximate surface area is 179 Å². The zero-order chi connectivity index (χ0) is 21.1. The lowest BCUT2D eigenvalue weighted by atomic mass is 9.75. The van der Waals surface area contributed by atoms with Gasteiger partial charge in [0.15, 0.2) is 0 Å². The van der Waals surface area contributed by atoms with Crippen LogP contribution in [0.4, 0.5) is 0 Å². The molecule has 0 radical (unpaired) electrons. The Morgan fingerprint density at radius 3 is 2.33 bits per heavy atom. The van der Waals surface area contributed by atoms with Crippen molar-refractivity contribution >= 4 is 17.7 Å². The fourth-order valence-corrected chi connectivity index (χ4v) is 5.26. The maximum atomic E-state index is 13.7. The van der Waals surface area contributed by atoms with Crippen LogP contribution in [-0.4, -0.2) is 72.2 Å². The van der Waals surface area contributed by atoms with Crippen LogP contribution in [0.25, 0.3) is 0 Å². The molecule has 3 fully saturated rings. The molecule has 162 valence electrons. The molecule has 2 heterocycles. The van der Waals surface area contributed by atoms with Crippen LogP contribution < -0.4 is 0 Å². The lowest BCUT2D eigenvalue weighted by Gasteiger charge is -2.35. The average molecular weight is 412 g/mol. The highest BCUT2D eigenvalue weighted by Crippen LogP contribution is 2.41. The molecular weight excluding hydrogens is 378 g/mol. The van der Waals surface area contributed by atoms with E-state index < -0.39 is 5.41 Å². The predicted molar refractivity (Wildman–Crippen MR) is 115 cm³/mol. The highest BCUT2D eigenvalue weighted by Gasteiger charge is 2.54. The molecule has 1 aromatic carbocycles. The summed E-state index contributed by atoms with van der Waals surface area (Å²) >= 11 is 0. The summed E-state index contributed by atoms with van der Waals surface area (Å²) in [6, 6.07) is 9.47. The van der Waals surface area contributed by atoms with Crippen molar-refractivity contribution in [2.75, 3.05) is 39.8 Å². The van der Waals surface area contributed by atoms with Gasteiger partial charge in [0.05, 0.1) is 5.41 Å². The molecule has 2 aliphatic heterocycles. The van der Waals surface area contributed by atoms with Crippen molar-refractivity contribution in [3.63, 3.8) is 0 Å². The molecule has 0 spiro atoms. The summed E-state index contributed by atoms with van der Waals surface area (Å²) in [5.41, 5.74) is -0.273. The SMILES string of the molecule is CN1CCN(C(=O)C[C@@]2(c3ccccc3)CC(=O)N(CC3CCCCC3)C2=O)CC1. The molecule has 0 bridgehead atoms. The van der Waals surface area contributed by atoms with Crippen LogP contribution in [0.1, 0.15) is 50.5 Å². The lowest BCUT2D eigenvalue weighted by Crippen LogP contribution is -2.50. The smallest absolute Gasteiger partial charge is 0.240 e. The van der Waals surface area contributed by atoms with Crippen molar-refractivity contribution in [3.05, 3.63) is 35.9 Å². The van der Waals surface area contributed by atoms with Crippen molar-refractivity contribution in [1.29, 1.82) is 0 Å². The van der Waals surface area contributed by atoms with Crippen molar-refractivity contribution in [2.45, 2.75) is 50.4 Å². The molecule has 1 aromatic rings. The largest absolute Gasteiger partial charge is 0.340 e. The van der Waals surface area contributed by atoms with Crippen LogP contribution in [0.15, 0.2) is 30.3 Å². The number of imide groups is 1. The maximum absolute atomic E-state index is 13.7. The molecule has 1 aliphatic carbocycles. The predicted octanol–water partition coefficient (Wildman–Crippen LogP) is 2.43. The van der Waals surface area contributed by atoms with E-state index in [0.717, 1.165) is 31.5 Å². The van der Waals surface area contributed by atoms with Crippen molar-refractivity contribution in [3.8, 4) is 0 Å². The molecule has 1 atom stereocenters. The summed E-state index contributed by atoms with van der Waals surface area (Å²) in [7, 11) is 2.05. The first-order valence-corrected chi connectivity index (χ1v) is 11.4. The van der Waals surface area contributed by atoms with Crippen molar-refractivity contribution in [1.82, 2.24) is 14.7 Å². The Bertz CT molecular complexity index is 782. The normalized spacial score (nSPS) is 26.4. The van der Waals surface area contributed by atoms with E-state index in [-0.39, 0.29) is 30.6 Å². The van der Waals surface area contributed by atoms with Gasteiger partial charge >= 0.3 is 0 Å². The molecule has 6 heteroatoms. The highest BCUT2D eigenvalue weighted by atomic mass is 16.2. The second-order valence-corrected chi connectivity index (χ2v) is 9.30. The van der Waals surface area contributed by atoms with Crippen molar-refractivity contribution in [2.24, 2.45) is 5.92 Å². The third kappa shape index (κ3) is 4.15. The molecule has 0 N–H and O–H groups in total. The molecule has 3 amide bonds. The molecular formula is C24H33N3O3. The Morgan fingerprint density at radius 1 is 1.00 bits per heavy atom. The van der Waals surface area contributed by atoms with Gasteiger partial charge in [0.1, 0.15) is 0 Å². The lowest BCUT2D eigenvalue weighted by molar-refractivity contribution is -0.143. The Kier molecular flexibility index (Phi) is 6.23. The second kappa shape index (κ2) is 8.88. The van der Waals surface area contributed by atoms with E-state index in [4.69, 9.17) is 0 Å². The number of amides is 3. The summed E-state index contributed by atoms with van der Waals surface area (Å²) in [4.78, 5) is 45.5. The first-order valence-electron chi connectivity index (χ1n) is 11.4. The summed E-state index contributed by atoms with van der Waals surface area (Å²) in [6.45, 7) is 3.53. The molecule has 1 saturated carbocycles. The summed E-state index contributed by atoms with van der Waals surface area (Å²) < 4.78 is 0. The van der Waals surface area contributed by atoms with Gasteiger partial charge in [-0.1, -0.05) is 49.6 Å². The zero-order valence-electron chi connectivity index (χ0n) is 18.0. The minimum Gasteiger partial charge on any atom is -0.340 e. The second-order valence-electron chi connectivity index (χ2n) is 9.30. The topological polar surface area (TPSA) is 60.9 Å². The fraction of sp³-hybridized carbons (Fsp3) is 0.625. The molecule has 0 aromatic heterocycles. The Hall–Kier alpha value is -2.21. The van der Waals surface area contributed by atoms with E-state index >= 15 is 0 Å². The van der Waals surface area contributed by atoms with Gasteiger partial charge in [-0.05, 0) is 31.4 Å². The quantitative estimate of drug-likeness (QED) is 0.699. The minimum atomic E-state index is -1.06. The Morgan fingerprint density at radius 2 is 1.67 bits per heavy atom. The number of piperazine rings is 1. The van der Waals surface area contributed by atoms with Gasteiger partial charge in [0.25, 0.3) is 0 Å². The van der Waals surface area contributed by atoms with Crippen LogP contribution >= 0.6 is 0 Å².